The molecule has 2 aliphatic rings. The van der Waals surface area contributed by atoms with Crippen molar-refractivity contribution in [2.45, 2.75) is 64.3 Å². The molecule has 0 spiro atoms. The highest BCUT2D eigenvalue weighted by Crippen LogP contribution is 2.58. The van der Waals surface area contributed by atoms with E-state index in [1.165, 1.54) is 4.57 Å². The van der Waals surface area contributed by atoms with Crippen molar-refractivity contribution in [1.29, 1.82) is 0 Å². The van der Waals surface area contributed by atoms with E-state index in [-0.39, 0.29) is 18.3 Å². The lowest BCUT2D eigenvalue weighted by Gasteiger charge is -2.36. The van der Waals surface area contributed by atoms with Crippen LogP contribution < -0.4 is 0 Å². The average Bonchev–Trinajstić information content (AvgIpc) is 2.97. The van der Waals surface area contributed by atoms with Crippen LogP contribution in [-0.4, -0.2) is 15.8 Å². The maximum atomic E-state index is 13.4. The maximum absolute atomic E-state index is 13.4. The van der Waals surface area contributed by atoms with Crippen molar-refractivity contribution in [2.24, 2.45) is 5.41 Å². The van der Waals surface area contributed by atoms with Crippen LogP contribution in [0, 0.1) is 12.3 Å². The molecular formula is C15H20F3NO. The Labute approximate surface area is 116 Å². The third kappa shape index (κ3) is 1.82. The van der Waals surface area contributed by atoms with Gasteiger partial charge in [-0.15, -0.1) is 0 Å². The molecule has 1 aromatic heterocycles. The lowest BCUT2D eigenvalue weighted by Crippen LogP contribution is -2.38. The van der Waals surface area contributed by atoms with Crippen LogP contribution in [0.15, 0.2) is 6.07 Å². The van der Waals surface area contributed by atoms with E-state index in [0.717, 1.165) is 0 Å². The second-order valence-electron chi connectivity index (χ2n) is 7.11. The summed E-state index contributed by atoms with van der Waals surface area (Å²) in [4.78, 5) is 0. The minimum atomic E-state index is -4.23. The molecule has 1 saturated carbocycles. The number of aliphatic hydroxyl groups is 1. The van der Waals surface area contributed by atoms with Gasteiger partial charge in [-0.1, -0.05) is 13.8 Å². The molecule has 2 nitrogen and oxygen atoms in total. The second kappa shape index (κ2) is 3.81. The zero-order valence-corrected chi connectivity index (χ0v) is 12.0. The van der Waals surface area contributed by atoms with Gasteiger partial charge in [0.2, 0.25) is 0 Å². The fourth-order valence-corrected chi connectivity index (χ4v) is 3.69. The molecule has 1 fully saturated rings. The van der Waals surface area contributed by atoms with Crippen LogP contribution in [0.25, 0.3) is 0 Å². The molecular weight excluding hydrogens is 267 g/mol. The Balaban J connectivity index is 2.16. The topological polar surface area (TPSA) is 25.2 Å². The zero-order valence-electron chi connectivity index (χ0n) is 12.0. The minimum absolute atomic E-state index is 0.148. The van der Waals surface area contributed by atoms with E-state index in [9.17, 15) is 18.3 Å². The summed E-state index contributed by atoms with van der Waals surface area (Å²) in [7, 11) is 0. The Bertz CT molecular complexity index is 552. The van der Waals surface area contributed by atoms with E-state index in [0.29, 0.717) is 29.8 Å². The number of halogens is 3. The Kier molecular flexibility index (Phi) is 2.67. The number of rotatable bonds is 1. The number of alkyl halides is 3. The summed E-state index contributed by atoms with van der Waals surface area (Å²) in [6.07, 6.45) is -3.40. The third-order valence-electron chi connectivity index (χ3n) is 4.75. The Morgan fingerprint density at radius 1 is 1.30 bits per heavy atom. The van der Waals surface area contributed by atoms with Crippen LogP contribution in [-0.2, 0) is 12.0 Å². The average molecular weight is 287 g/mol. The van der Waals surface area contributed by atoms with E-state index >= 15 is 0 Å². The molecule has 0 bridgehead atoms. The van der Waals surface area contributed by atoms with Gasteiger partial charge in [0, 0.05) is 17.0 Å². The van der Waals surface area contributed by atoms with Gasteiger partial charge in [-0.3, -0.25) is 0 Å². The van der Waals surface area contributed by atoms with Crippen LogP contribution in [0.4, 0.5) is 13.2 Å². The van der Waals surface area contributed by atoms with Gasteiger partial charge in [-0.2, -0.15) is 13.2 Å². The molecule has 0 aliphatic heterocycles. The number of fused-ring (bicyclic) bond motifs is 1. The van der Waals surface area contributed by atoms with E-state index < -0.39 is 17.8 Å². The zero-order chi connectivity index (χ0) is 14.9. The summed E-state index contributed by atoms with van der Waals surface area (Å²) >= 11 is 0. The molecule has 3 rings (SSSR count). The van der Waals surface area contributed by atoms with E-state index in [1.807, 2.05) is 13.8 Å². The molecule has 1 unspecified atom stereocenters. The summed E-state index contributed by atoms with van der Waals surface area (Å²) in [6, 6.07) is 1.74. The van der Waals surface area contributed by atoms with Gasteiger partial charge < -0.3 is 9.67 Å². The molecule has 1 heterocycles. The van der Waals surface area contributed by atoms with Crippen LogP contribution in [0.2, 0.25) is 0 Å². The predicted octanol–water partition coefficient (Wildman–Crippen LogP) is 3.85. The Hall–Kier alpha value is -0.970. The van der Waals surface area contributed by atoms with Crippen molar-refractivity contribution in [1.82, 2.24) is 4.57 Å². The van der Waals surface area contributed by atoms with Crippen LogP contribution in [0.5, 0.6) is 0 Å². The van der Waals surface area contributed by atoms with Crippen molar-refractivity contribution in [3.8, 4) is 0 Å². The van der Waals surface area contributed by atoms with Gasteiger partial charge in [0.15, 0.2) is 0 Å². The number of aromatic nitrogens is 1. The molecule has 0 radical (unpaired) electrons. The lowest BCUT2D eigenvalue weighted by molar-refractivity contribution is -0.181. The summed E-state index contributed by atoms with van der Waals surface area (Å²) in [5.74, 6) is 0. The molecule has 20 heavy (non-hydrogen) atoms. The standard InChI is InChI=1S/C15H20F3NO/c1-9-6-10-11(7-13(2,3)8-12(10)20)19(9)14(4-5-14)15(16,17)18/h6,12,20H,4-5,7-8H2,1-3H3. The SMILES string of the molecule is Cc1cc2c(n1C1(C(F)(F)F)CC1)CC(C)(C)CC2O. The normalized spacial score (nSPS) is 27.2. The number of aliphatic hydroxyl groups excluding tert-OH is 1. The first kappa shape index (κ1) is 14.0. The third-order valence-corrected chi connectivity index (χ3v) is 4.75. The van der Waals surface area contributed by atoms with Gasteiger partial charge in [0.25, 0.3) is 0 Å². The van der Waals surface area contributed by atoms with E-state index in [1.54, 1.807) is 13.0 Å². The predicted molar refractivity (Wildman–Crippen MR) is 69.5 cm³/mol. The Morgan fingerprint density at radius 2 is 1.90 bits per heavy atom. The van der Waals surface area contributed by atoms with Gasteiger partial charge >= 0.3 is 6.18 Å². The van der Waals surface area contributed by atoms with E-state index in [2.05, 4.69) is 0 Å². The highest BCUT2D eigenvalue weighted by Gasteiger charge is 2.66. The molecule has 1 N–H and O–H groups in total. The highest BCUT2D eigenvalue weighted by atomic mass is 19.4. The van der Waals surface area contributed by atoms with Crippen molar-refractivity contribution < 1.29 is 18.3 Å². The molecule has 112 valence electrons. The first-order chi connectivity index (χ1) is 9.07. The van der Waals surface area contributed by atoms with Crippen molar-refractivity contribution >= 4 is 0 Å². The van der Waals surface area contributed by atoms with Gasteiger partial charge in [0.1, 0.15) is 5.54 Å². The molecule has 0 saturated heterocycles. The summed E-state index contributed by atoms with van der Waals surface area (Å²) < 4.78 is 41.7. The fourth-order valence-electron chi connectivity index (χ4n) is 3.69. The summed E-state index contributed by atoms with van der Waals surface area (Å²) in [5, 5.41) is 10.2. The maximum Gasteiger partial charge on any atom is 0.411 e. The smallest absolute Gasteiger partial charge is 0.388 e. The second-order valence-corrected chi connectivity index (χ2v) is 7.11. The number of aryl methyl sites for hydroxylation is 1. The largest absolute Gasteiger partial charge is 0.411 e. The molecule has 1 atom stereocenters. The molecule has 1 aromatic rings. The number of hydrogen-bond acceptors (Lipinski definition) is 1. The monoisotopic (exact) mass is 287 g/mol. The summed E-state index contributed by atoms with van der Waals surface area (Å²) in [5.41, 5.74) is 0.0917. The first-order valence-corrected chi connectivity index (χ1v) is 7.04. The number of hydrogen-bond donors (Lipinski definition) is 1. The van der Waals surface area contributed by atoms with Crippen LogP contribution >= 0.6 is 0 Å². The quantitative estimate of drug-likeness (QED) is 0.833. The Morgan fingerprint density at radius 3 is 2.40 bits per heavy atom. The lowest BCUT2D eigenvalue weighted by atomic mass is 9.75. The molecule has 2 aliphatic carbocycles. The fraction of sp³-hybridized carbons (Fsp3) is 0.733. The summed E-state index contributed by atoms with van der Waals surface area (Å²) in [6.45, 7) is 5.71. The molecule has 5 heteroatoms. The van der Waals surface area contributed by atoms with Gasteiger partial charge in [-0.25, -0.2) is 0 Å². The van der Waals surface area contributed by atoms with Crippen molar-refractivity contribution in [3.05, 3.63) is 23.0 Å². The molecule has 0 aromatic carbocycles. The van der Waals surface area contributed by atoms with Crippen molar-refractivity contribution in [2.75, 3.05) is 0 Å². The minimum Gasteiger partial charge on any atom is -0.388 e. The van der Waals surface area contributed by atoms with Crippen LogP contribution in [0.3, 0.4) is 0 Å². The van der Waals surface area contributed by atoms with Gasteiger partial charge in [-0.05, 0) is 44.1 Å². The number of nitrogens with zero attached hydrogens (tertiary/aromatic N) is 1. The van der Waals surface area contributed by atoms with Crippen molar-refractivity contribution in [3.63, 3.8) is 0 Å². The first-order valence-electron chi connectivity index (χ1n) is 7.04. The van der Waals surface area contributed by atoms with Gasteiger partial charge in [0.05, 0.1) is 6.10 Å². The highest BCUT2D eigenvalue weighted by molar-refractivity contribution is 5.36. The molecule has 0 amide bonds. The van der Waals surface area contributed by atoms with E-state index in [4.69, 9.17) is 0 Å². The van der Waals surface area contributed by atoms with Crippen LogP contribution in [0.1, 0.15) is 56.2 Å².